The molecule has 1 fully saturated rings. The number of esters is 1. The van der Waals surface area contributed by atoms with Crippen LogP contribution in [0.3, 0.4) is 0 Å². The summed E-state index contributed by atoms with van der Waals surface area (Å²) in [7, 11) is 1.43. The van der Waals surface area contributed by atoms with Gasteiger partial charge in [0.25, 0.3) is 0 Å². The van der Waals surface area contributed by atoms with Crippen molar-refractivity contribution >= 4 is 23.3 Å². The van der Waals surface area contributed by atoms with E-state index in [9.17, 15) is 4.79 Å². The molecule has 3 nitrogen and oxygen atoms in total. The second-order valence-corrected chi connectivity index (χ2v) is 5.90. The minimum absolute atomic E-state index is 0.223. The summed E-state index contributed by atoms with van der Waals surface area (Å²) >= 11 is 5.98. The first kappa shape index (κ1) is 14.2. The molecule has 0 amide bonds. The van der Waals surface area contributed by atoms with Gasteiger partial charge in [0.2, 0.25) is 0 Å². The van der Waals surface area contributed by atoms with Crippen LogP contribution in [0, 0.1) is 5.92 Å². The first-order chi connectivity index (χ1) is 9.03. The van der Waals surface area contributed by atoms with E-state index in [4.69, 9.17) is 16.3 Å². The summed E-state index contributed by atoms with van der Waals surface area (Å²) < 4.78 is 4.95. The van der Waals surface area contributed by atoms with Gasteiger partial charge >= 0.3 is 5.97 Å². The maximum Gasteiger partial charge on any atom is 0.331 e. The normalized spacial score (nSPS) is 18.3. The summed E-state index contributed by atoms with van der Waals surface area (Å²) in [5.41, 5.74) is 0.157. The number of rotatable bonds is 5. The summed E-state index contributed by atoms with van der Waals surface area (Å²) in [6.07, 6.45) is 4.46. The molecule has 1 saturated carbocycles. The number of benzene rings is 1. The van der Waals surface area contributed by atoms with Crippen LogP contribution in [0.1, 0.15) is 32.6 Å². The molecular formula is C15H20ClNO2. The largest absolute Gasteiger partial charge is 0.467 e. The number of carbonyl (C=O) groups excluding carboxylic acids is 1. The Kier molecular flexibility index (Phi) is 4.35. The minimum atomic E-state index is -0.690. The highest BCUT2D eigenvalue weighted by molar-refractivity contribution is 6.30. The molecule has 1 N–H and O–H groups in total. The van der Waals surface area contributed by atoms with Gasteiger partial charge in [-0.25, -0.2) is 4.79 Å². The van der Waals surface area contributed by atoms with Crippen molar-refractivity contribution in [1.82, 2.24) is 0 Å². The van der Waals surface area contributed by atoms with E-state index in [-0.39, 0.29) is 5.97 Å². The molecule has 1 aliphatic rings. The van der Waals surface area contributed by atoms with Gasteiger partial charge in [0, 0.05) is 10.7 Å². The lowest BCUT2D eigenvalue weighted by molar-refractivity contribution is -0.146. The van der Waals surface area contributed by atoms with Gasteiger partial charge in [-0.1, -0.05) is 36.9 Å². The van der Waals surface area contributed by atoms with E-state index in [0.717, 1.165) is 12.1 Å². The lowest BCUT2D eigenvalue weighted by Crippen LogP contribution is -2.46. The quantitative estimate of drug-likeness (QED) is 0.833. The summed E-state index contributed by atoms with van der Waals surface area (Å²) in [6, 6.07) is 7.41. The Morgan fingerprint density at radius 1 is 1.53 bits per heavy atom. The van der Waals surface area contributed by atoms with Crippen molar-refractivity contribution in [3.63, 3.8) is 0 Å². The fourth-order valence-corrected chi connectivity index (χ4v) is 2.76. The average Bonchev–Trinajstić information content (AvgIpc) is 2.33. The predicted molar refractivity (Wildman–Crippen MR) is 77.5 cm³/mol. The second kappa shape index (κ2) is 5.83. The van der Waals surface area contributed by atoms with Gasteiger partial charge in [-0.15, -0.1) is 0 Å². The number of nitrogens with one attached hydrogen (secondary N) is 1. The molecular weight excluding hydrogens is 262 g/mol. The van der Waals surface area contributed by atoms with Crippen LogP contribution in [-0.4, -0.2) is 18.6 Å². The zero-order valence-corrected chi connectivity index (χ0v) is 12.2. The Hall–Kier alpha value is -1.22. The molecule has 1 unspecified atom stereocenters. The smallest absolute Gasteiger partial charge is 0.331 e. The zero-order chi connectivity index (χ0) is 13.9. The SMILES string of the molecule is COC(=O)C(C)(CC1CCC1)Nc1cccc(Cl)c1. The molecule has 0 saturated heterocycles. The Bertz CT molecular complexity index is 459. The van der Waals surface area contributed by atoms with Gasteiger partial charge in [-0.2, -0.15) is 0 Å². The van der Waals surface area contributed by atoms with Crippen LogP contribution >= 0.6 is 11.6 Å². The molecule has 1 atom stereocenters. The molecule has 0 bridgehead atoms. The van der Waals surface area contributed by atoms with Crippen molar-refractivity contribution < 1.29 is 9.53 Å². The van der Waals surface area contributed by atoms with Crippen molar-refractivity contribution in [2.45, 2.75) is 38.1 Å². The predicted octanol–water partition coefficient (Wildman–Crippen LogP) is 3.87. The number of methoxy groups -OCH3 is 1. The van der Waals surface area contributed by atoms with Crippen LogP contribution in [0.4, 0.5) is 5.69 Å². The monoisotopic (exact) mass is 281 g/mol. The van der Waals surface area contributed by atoms with E-state index in [1.165, 1.54) is 26.4 Å². The van der Waals surface area contributed by atoms with E-state index in [2.05, 4.69) is 5.32 Å². The Labute approximate surface area is 119 Å². The van der Waals surface area contributed by atoms with E-state index < -0.39 is 5.54 Å². The third-order valence-electron chi connectivity index (χ3n) is 3.80. The van der Waals surface area contributed by atoms with Crippen molar-refractivity contribution in [3.8, 4) is 0 Å². The van der Waals surface area contributed by atoms with Crippen molar-refractivity contribution in [3.05, 3.63) is 29.3 Å². The molecule has 104 valence electrons. The number of carbonyl (C=O) groups is 1. The van der Waals surface area contributed by atoms with E-state index >= 15 is 0 Å². The molecule has 1 aromatic rings. The Morgan fingerprint density at radius 2 is 2.26 bits per heavy atom. The number of ether oxygens (including phenoxy) is 1. The van der Waals surface area contributed by atoms with Crippen molar-refractivity contribution in [2.24, 2.45) is 5.92 Å². The van der Waals surface area contributed by atoms with E-state index in [0.29, 0.717) is 10.9 Å². The fraction of sp³-hybridized carbons (Fsp3) is 0.533. The van der Waals surface area contributed by atoms with Gasteiger partial charge in [-0.3, -0.25) is 0 Å². The van der Waals surface area contributed by atoms with E-state index in [1.807, 2.05) is 31.2 Å². The van der Waals surface area contributed by atoms with Gasteiger partial charge in [0.15, 0.2) is 0 Å². The maximum atomic E-state index is 12.1. The molecule has 4 heteroatoms. The van der Waals surface area contributed by atoms with Crippen LogP contribution in [-0.2, 0) is 9.53 Å². The fourth-order valence-electron chi connectivity index (χ4n) is 2.57. The third-order valence-corrected chi connectivity index (χ3v) is 4.04. The Morgan fingerprint density at radius 3 is 2.79 bits per heavy atom. The van der Waals surface area contributed by atoms with Crippen LogP contribution in [0.25, 0.3) is 0 Å². The molecule has 0 radical (unpaired) electrons. The number of halogens is 1. The summed E-state index contributed by atoms with van der Waals surface area (Å²) in [6.45, 7) is 1.90. The lowest BCUT2D eigenvalue weighted by atomic mass is 9.76. The molecule has 0 aliphatic heterocycles. The van der Waals surface area contributed by atoms with Gasteiger partial charge < -0.3 is 10.1 Å². The average molecular weight is 282 g/mol. The van der Waals surface area contributed by atoms with Gasteiger partial charge in [-0.05, 0) is 37.5 Å². The van der Waals surface area contributed by atoms with Crippen LogP contribution in [0.5, 0.6) is 0 Å². The van der Waals surface area contributed by atoms with Crippen molar-refractivity contribution in [1.29, 1.82) is 0 Å². The highest BCUT2D eigenvalue weighted by Gasteiger charge is 2.38. The Balaban J connectivity index is 2.14. The third kappa shape index (κ3) is 3.41. The first-order valence-corrected chi connectivity index (χ1v) is 7.03. The summed E-state index contributed by atoms with van der Waals surface area (Å²) in [5, 5.41) is 3.94. The topological polar surface area (TPSA) is 38.3 Å². The molecule has 0 aromatic heterocycles. The molecule has 0 spiro atoms. The van der Waals surface area contributed by atoms with Crippen LogP contribution < -0.4 is 5.32 Å². The standard InChI is InChI=1S/C15H20ClNO2/c1-15(14(18)19-2,10-11-5-3-6-11)17-13-8-4-7-12(16)9-13/h4,7-9,11,17H,3,5-6,10H2,1-2H3. The zero-order valence-electron chi connectivity index (χ0n) is 11.4. The highest BCUT2D eigenvalue weighted by atomic mass is 35.5. The van der Waals surface area contributed by atoms with Crippen LogP contribution in [0.15, 0.2) is 24.3 Å². The molecule has 2 rings (SSSR count). The van der Waals surface area contributed by atoms with Crippen molar-refractivity contribution in [2.75, 3.05) is 12.4 Å². The summed E-state index contributed by atoms with van der Waals surface area (Å²) in [4.78, 5) is 12.1. The summed E-state index contributed by atoms with van der Waals surface area (Å²) in [5.74, 6) is 0.384. The molecule has 0 heterocycles. The minimum Gasteiger partial charge on any atom is -0.467 e. The number of anilines is 1. The highest BCUT2D eigenvalue weighted by Crippen LogP contribution is 2.35. The molecule has 19 heavy (non-hydrogen) atoms. The molecule has 1 aromatic carbocycles. The lowest BCUT2D eigenvalue weighted by Gasteiger charge is -2.36. The second-order valence-electron chi connectivity index (χ2n) is 5.46. The number of hydrogen-bond donors (Lipinski definition) is 1. The van der Waals surface area contributed by atoms with Crippen LogP contribution in [0.2, 0.25) is 5.02 Å². The number of hydrogen-bond acceptors (Lipinski definition) is 3. The van der Waals surface area contributed by atoms with Gasteiger partial charge in [0.05, 0.1) is 7.11 Å². The van der Waals surface area contributed by atoms with E-state index in [1.54, 1.807) is 0 Å². The first-order valence-electron chi connectivity index (χ1n) is 6.66. The maximum absolute atomic E-state index is 12.1. The molecule has 1 aliphatic carbocycles. The van der Waals surface area contributed by atoms with Gasteiger partial charge in [0.1, 0.15) is 5.54 Å².